The van der Waals surface area contributed by atoms with Gasteiger partial charge in [-0.25, -0.2) is 9.78 Å². The molecular weight excluding hydrogens is 378 g/mol. The summed E-state index contributed by atoms with van der Waals surface area (Å²) in [6.45, 7) is 3.39. The first-order valence-electron chi connectivity index (χ1n) is 7.81. The minimum Gasteiger partial charge on any atom is -0.477 e. The number of aliphatic carboxylic acids is 1. The number of primary amides is 1. The molecule has 138 valence electrons. The van der Waals surface area contributed by atoms with Crippen molar-refractivity contribution in [1.82, 2.24) is 9.88 Å². The zero-order chi connectivity index (χ0) is 19.2. The van der Waals surface area contributed by atoms with Gasteiger partial charge in [0.2, 0.25) is 5.91 Å². The molecule has 2 aliphatic heterocycles. The highest BCUT2D eigenvalue weighted by molar-refractivity contribution is 8.06. The lowest BCUT2D eigenvalue weighted by molar-refractivity contribution is -0.163. The van der Waals surface area contributed by atoms with Crippen LogP contribution in [0.15, 0.2) is 21.4 Å². The predicted molar refractivity (Wildman–Crippen MR) is 96.9 cm³/mol. The third-order valence-electron chi connectivity index (χ3n) is 4.48. The molecule has 1 fully saturated rings. The highest BCUT2D eigenvalue weighted by Gasteiger charge is 2.59. The molecule has 1 saturated heterocycles. The summed E-state index contributed by atoms with van der Waals surface area (Å²) in [6.07, 6.45) is 0.819. The van der Waals surface area contributed by atoms with Gasteiger partial charge in [0.1, 0.15) is 5.70 Å². The number of carbonyl (C=O) groups excluding carboxylic acids is 2. The maximum atomic E-state index is 12.2. The molecule has 3 rings (SSSR count). The predicted octanol–water partition coefficient (Wildman–Crippen LogP) is 1.10. The van der Waals surface area contributed by atoms with Gasteiger partial charge in [-0.1, -0.05) is 18.7 Å². The van der Waals surface area contributed by atoms with Gasteiger partial charge < -0.3 is 20.8 Å². The molecule has 0 aliphatic carbocycles. The van der Waals surface area contributed by atoms with Crippen LogP contribution in [0.5, 0.6) is 0 Å². The Morgan fingerprint density at radius 2 is 2.19 bits per heavy atom. The van der Waals surface area contributed by atoms with Gasteiger partial charge in [0, 0.05) is 16.2 Å². The molecule has 4 N–H and O–H groups in total. The molecule has 1 aromatic rings. The summed E-state index contributed by atoms with van der Waals surface area (Å²) >= 11 is 2.32. The maximum absolute atomic E-state index is 12.2. The van der Waals surface area contributed by atoms with Crippen molar-refractivity contribution in [2.75, 3.05) is 0 Å². The van der Waals surface area contributed by atoms with Crippen molar-refractivity contribution in [3.8, 4) is 0 Å². The third kappa shape index (κ3) is 2.93. The monoisotopic (exact) mass is 395 g/mol. The first kappa shape index (κ1) is 18.6. The summed E-state index contributed by atoms with van der Waals surface area (Å²) in [7, 11) is 0. The van der Waals surface area contributed by atoms with Crippen LogP contribution in [-0.4, -0.2) is 50.0 Å². The lowest BCUT2D eigenvalue weighted by Gasteiger charge is -2.46. The lowest BCUT2D eigenvalue weighted by atomic mass is 9.79. The van der Waals surface area contributed by atoms with Gasteiger partial charge in [-0.2, -0.15) is 0 Å². The number of nitrogens with zero attached hydrogens (tertiary/aromatic N) is 2. The molecule has 0 aromatic carbocycles. The molecular formula is C16H17N3O5S2. The number of carboxylic acids is 1. The van der Waals surface area contributed by atoms with Crippen LogP contribution in [0.25, 0.3) is 6.08 Å². The van der Waals surface area contributed by atoms with Crippen molar-refractivity contribution in [1.29, 1.82) is 0 Å². The van der Waals surface area contributed by atoms with Crippen molar-refractivity contribution in [2.45, 2.75) is 26.0 Å². The second-order valence-electron chi connectivity index (χ2n) is 6.13. The Morgan fingerprint density at radius 1 is 1.50 bits per heavy atom. The van der Waals surface area contributed by atoms with E-state index in [1.165, 1.54) is 23.6 Å². The molecule has 0 bridgehead atoms. The number of carboxylic acid groups (broad SMARTS) is 1. The maximum Gasteiger partial charge on any atom is 0.353 e. The Hall–Kier alpha value is -2.17. The highest BCUT2D eigenvalue weighted by Crippen LogP contribution is 2.50. The molecule has 2 amide bonds. The van der Waals surface area contributed by atoms with Crippen LogP contribution in [0, 0.1) is 11.8 Å². The Bertz CT molecular complexity index is 845. The third-order valence-corrected chi connectivity index (χ3v) is 6.44. The fraction of sp³-hybridized carbons (Fsp3) is 0.375. The summed E-state index contributed by atoms with van der Waals surface area (Å²) in [5.74, 6) is -2.92. The van der Waals surface area contributed by atoms with Crippen molar-refractivity contribution in [3.63, 3.8) is 0 Å². The van der Waals surface area contributed by atoms with E-state index in [4.69, 9.17) is 5.73 Å². The Kier molecular flexibility index (Phi) is 4.91. The number of aliphatic hydroxyl groups excluding tert-OH is 1. The van der Waals surface area contributed by atoms with Gasteiger partial charge in [0.25, 0.3) is 5.91 Å². The summed E-state index contributed by atoms with van der Waals surface area (Å²) in [6, 6.07) is -0.342. The molecule has 10 heteroatoms. The second kappa shape index (κ2) is 6.86. The standard InChI is InChI=1S/C16H17N3O5S2/c1-6-10-9(7(2)20)15(22)19(10)11(16(23)24)12(6)25-4-3-8-5-26-14(18-8)13(17)21/h3-7,9-10,20H,1-2H3,(H2,17,21)(H,23,24)/t6-,7-,9-,10-/m1/s1. The molecule has 8 nitrogen and oxygen atoms in total. The van der Waals surface area contributed by atoms with E-state index in [1.54, 1.807) is 16.9 Å². The van der Waals surface area contributed by atoms with Gasteiger partial charge in [-0.15, -0.1) is 11.3 Å². The molecule has 2 aliphatic rings. The minimum absolute atomic E-state index is 0.0323. The van der Waals surface area contributed by atoms with Crippen LogP contribution < -0.4 is 5.73 Å². The number of rotatable bonds is 6. The van der Waals surface area contributed by atoms with Crippen LogP contribution in [0.1, 0.15) is 29.3 Å². The van der Waals surface area contributed by atoms with Gasteiger partial charge in [0.05, 0.1) is 23.8 Å². The van der Waals surface area contributed by atoms with Gasteiger partial charge in [-0.05, 0) is 18.4 Å². The Labute approximate surface area is 157 Å². The highest BCUT2D eigenvalue weighted by atomic mass is 32.2. The number of β-lactam (4-membered cyclic amide) rings is 1. The van der Waals surface area contributed by atoms with Crippen molar-refractivity contribution < 1.29 is 24.6 Å². The van der Waals surface area contributed by atoms with E-state index in [1.807, 2.05) is 6.92 Å². The Balaban J connectivity index is 1.81. The second-order valence-corrected chi connectivity index (χ2v) is 7.94. The van der Waals surface area contributed by atoms with E-state index in [0.717, 1.165) is 11.3 Å². The molecule has 26 heavy (non-hydrogen) atoms. The van der Waals surface area contributed by atoms with Crippen LogP contribution >= 0.6 is 23.1 Å². The number of aliphatic hydroxyl groups is 1. The number of aromatic nitrogens is 1. The summed E-state index contributed by atoms with van der Waals surface area (Å²) in [5.41, 5.74) is 5.67. The van der Waals surface area contributed by atoms with Crippen LogP contribution in [-0.2, 0) is 9.59 Å². The average molecular weight is 395 g/mol. The number of nitrogens with two attached hydrogens (primary N) is 1. The van der Waals surface area contributed by atoms with Crippen molar-refractivity contribution in [2.24, 2.45) is 17.6 Å². The van der Waals surface area contributed by atoms with E-state index in [0.29, 0.717) is 10.6 Å². The number of amides is 2. The van der Waals surface area contributed by atoms with Crippen molar-refractivity contribution in [3.05, 3.63) is 32.1 Å². The number of carbonyl (C=O) groups is 3. The summed E-state index contributed by atoms with van der Waals surface area (Å²) in [4.78, 5) is 40.9. The minimum atomic E-state index is -1.17. The Morgan fingerprint density at radius 3 is 2.73 bits per heavy atom. The van der Waals surface area contributed by atoms with E-state index >= 15 is 0 Å². The van der Waals surface area contributed by atoms with E-state index in [2.05, 4.69) is 4.98 Å². The quantitative estimate of drug-likeness (QED) is 0.614. The van der Waals surface area contributed by atoms with E-state index < -0.39 is 23.9 Å². The smallest absolute Gasteiger partial charge is 0.353 e. The molecule has 0 spiro atoms. The number of fused-ring (bicyclic) bond motifs is 1. The normalized spacial score (nSPS) is 26.2. The largest absolute Gasteiger partial charge is 0.477 e. The number of thioether (sulfide) groups is 1. The number of thiazole rings is 1. The summed E-state index contributed by atoms with van der Waals surface area (Å²) in [5, 5.41) is 22.9. The molecule has 1 aromatic heterocycles. The number of hydrogen-bond donors (Lipinski definition) is 3. The first-order chi connectivity index (χ1) is 12.2. The van der Waals surface area contributed by atoms with Crippen LogP contribution in [0.4, 0.5) is 0 Å². The number of hydrogen-bond acceptors (Lipinski definition) is 7. The van der Waals surface area contributed by atoms with Gasteiger partial charge >= 0.3 is 5.97 Å². The molecule has 0 saturated carbocycles. The van der Waals surface area contributed by atoms with Crippen LogP contribution in [0.2, 0.25) is 0 Å². The first-order valence-corrected chi connectivity index (χ1v) is 9.57. The van der Waals surface area contributed by atoms with E-state index in [-0.39, 0.29) is 28.6 Å². The molecule has 4 atom stereocenters. The van der Waals surface area contributed by atoms with Gasteiger partial charge in [0.15, 0.2) is 5.01 Å². The zero-order valence-corrected chi connectivity index (χ0v) is 15.6. The van der Waals surface area contributed by atoms with Crippen LogP contribution in [0.3, 0.4) is 0 Å². The topological polar surface area (TPSA) is 134 Å². The molecule has 0 unspecified atom stereocenters. The fourth-order valence-corrected chi connectivity index (χ4v) is 4.97. The molecule has 0 radical (unpaired) electrons. The van der Waals surface area contributed by atoms with Crippen molar-refractivity contribution >= 4 is 47.0 Å². The zero-order valence-electron chi connectivity index (χ0n) is 13.9. The summed E-state index contributed by atoms with van der Waals surface area (Å²) < 4.78 is 0. The fourth-order valence-electron chi connectivity index (χ4n) is 3.33. The van der Waals surface area contributed by atoms with E-state index in [9.17, 15) is 24.6 Å². The lowest BCUT2D eigenvalue weighted by Crippen LogP contribution is -2.63. The van der Waals surface area contributed by atoms with Gasteiger partial charge in [-0.3, -0.25) is 9.59 Å². The molecule has 3 heterocycles. The average Bonchev–Trinajstić information content (AvgIpc) is 3.10. The SMILES string of the molecule is C[C@@H](O)[C@H]1C(=O)N2C(C(=O)O)=C(SC=Cc3csc(C(N)=O)n3)[C@H](C)[C@H]12.